The van der Waals surface area contributed by atoms with Gasteiger partial charge in [-0.2, -0.15) is 0 Å². The highest BCUT2D eigenvalue weighted by Crippen LogP contribution is 2.47. The summed E-state index contributed by atoms with van der Waals surface area (Å²) in [6, 6.07) is 11.5. The van der Waals surface area contributed by atoms with Crippen LogP contribution in [0.5, 0.6) is 17.2 Å². The van der Waals surface area contributed by atoms with Crippen LogP contribution in [0.4, 0.5) is 5.69 Å². The van der Waals surface area contributed by atoms with Gasteiger partial charge in [-0.05, 0) is 42.0 Å². The maximum atomic E-state index is 13.3. The summed E-state index contributed by atoms with van der Waals surface area (Å²) in [6.45, 7) is 0.100. The standard InChI is InChI=1S/C24H21NO6S2/c1-4-11-31-19-10-5-15(12-20(19)30-3)18-13-22(26)25-23-21(14-32-24(18)23)33(27,28)17-8-6-16(29-2)7-9-17/h1,5-10,12,14,18H,11,13H2,2-3H3,(H,25,26)/t18-/m1/s1. The molecule has 1 aromatic heterocycles. The van der Waals surface area contributed by atoms with Crippen LogP contribution < -0.4 is 19.5 Å². The van der Waals surface area contributed by atoms with Gasteiger partial charge < -0.3 is 19.5 Å². The summed E-state index contributed by atoms with van der Waals surface area (Å²) < 4.78 is 42.7. The monoisotopic (exact) mass is 483 g/mol. The van der Waals surface area contributed by atoms with Crippen LogP contribution in [0.15, 0.2) is 57.6 Å². The molecule has 1 aliphatic rings. The van der Waals surface area contributed by atoms with Gasteiger partial charge in [-0.3, -0.25) is 4.79 Å². The predicted octanol–water partition coefficient (Wildman–Crippen LogP) is 4.08. The largest absolute Gasteiger partial charge is 0.497 e. The topological polar surface area (TPSA) is 90.9 Å². The molecule has 0 radical (unpaired) electrons. The number of thiophene rings is 1. The lowest BCUT2D eigenvalue weighted by atomic mass is 9.90. The van der Waals surface area contributed by atoms with Gasteiger partial charge in [-0.25, -0.2) is 8.42 Å². The van der Waals surface area contributed by atoms with E-state index in [0.29, 0.717) is 22.9 Å². The number of terminal acetylenes is 1. The van der Waals surface area contributed by atoms with E-state index >= 15 is 0 Å². The van der Waals surface area contributed by atoms with Crippen molar-refractivity contribution >= 4 is 32.8 Å². The number of anilines is 1. The Hall–Kier alpha value is -3.48. The fourth-order valence-corrected chi connectivity index (χ4v) is 6.60. The molecule has 2 aromatic carbocycles. The molecule has 0 fully saturated rings. The zero-order valence-corrected chi connectivity index (χ0v) is 19.6. The number of fused-ring (bicyclic) bond motifs is 1. The van der Waals surface area contributed by atoms with Crippen molar-refractivity contribution in [3.63, 3.8) is 0 Å². The Morgan fingerprint density at radius 3 is 2.55 bits per heavy atom. The van der Waals surface area contributed by atoms with Crippen molar-refractivity contribution in [2.75, 3.05) is 26.1 Å². The maximum Gasteiger partial charge on any atom is 0.225 e. The van der Waals surface area contributed by atoms with E-state index in [1.165, 1.54) is 37.7 Å². The van der Waals surface area contributed by atoms with E-state index in [9.17, 15) is 13.2 Å². The number of hydrogen-bond donors (Lipinski definition) is 1. The molecule has 3 aromatic rings. The molecule has 0 spiro atoms. The second kappa shape index (κ2) is 9.17. The van der Waals surface area contributed by atoms with E-state index in [1.807, 2.05) is 6.07 Å². The number of nitrogens with one attached hydrogen (secondary N) is 1. The van der Waals surface area contributed by atoms with E-state index < -0.39 is 9.84 Å². The predicted molar refractivity (Wildman–Crippen MR) is 125 cm³/mol. The van der Waals surface area contributed by atoms with Crippen LogP contribution in [0.1, 0.15) is 22.8 Å². The molecule has 0 unspecified atom stereocenters. The zero-order chi connectivity index (χ0) is 23.6. The smallest absolute Gasteiger partial charge is 0.225 e. The molecule has 1 aliphatic heterocycles. The van der Waals surface area contributed by atoms with Gasteiger partial charge in [0.15, 0.2) is 11.5 Å². The van der Waals surface area contributed by atoms with Gasteiger partial charge in [0.1, 0.15) is 17.3 Å². The number of rotatable bonds is 7. The second-order valence-electron chi connectivity index (χ2n) is 7.23. The minimum absolute atomic E-state index is 0.0756. The summed E-state index contributed by atoms with van der Waals surface area (Å²) in [6.07, 6.45) is 5.45. The third-order valence-corrected chi connectivity index (χ3v) is 8.36. The van der Waals surface area contributed by atoms with Crippen molar-refractivity contribution in [2.24, 2.45) is 0 Å². The normalized spacial score (nSPS) is 15.2. The van der Waals surface area contributed by atoms with E-state index in [4.69, 9.17) is 20.6 Å². The highest BCUT2D eigenvalue weighted by atomic mass is 32.2. The van der Waals surface area contributed by atoms with Gasteiger partial charge in [0.05, 0.1) is 24.8 Å². The SMILES string of the molecule is C#CCOc1ccc([C@H]2CC(=O)Nc3c(S(=O)(=O)c4ccc(OC)cc4)csc32)cc1OC. The Morgan fingerprint density at radius 1 is 1.12 bits per heavy atom. The molecule has 4 rings (SSSR count). The Morgan fingerprint density at radius 2 is 1.88 bits per heavy atom. The van der Waals surface area contributed by atoms with Crippen LogP contribution in [0.3, 0.4) is 0 Å². The van der Waals surface area contributed by atoms with E-state index in [1.54, 1.807) is 29.6 Å². The Kier molecular flexibility index (Phi) is 6.31. The van der Waals surface area contributed by atoms with Crippen molar-refractivity contribution < 1.29 is 27.4 Å². The summed E-state index contributed by atoms with van der Waals surface area (Å²) in [7, 11) is -0.814. The first-order chi connectivity index (χ1) is 15.9. The number of ether oxygens (including phenoxy) is 3. The third-order valence-electron chi connectivity index (χ3n) is 5.32. The molecule has 0 aliphatic carbocycles. The molecule has 0 saturated carbocycles. The Balaban J connectivity index is 1.74. The fourth-order valence-electron chi connectivity index (χ4n) is 3.69. The molecule has 2 heterocycles. The quantitative estimate of drug-likeness (QED) is 0.509. The minimum Gasteiger partial charge on any atom is -0.497 e. The van der Waals surface area contributed by atoms with Gasteiger partial charge in [0.2, 0.25) is 15.7 Å². The molecule has 170 valence electrons. The first kappa shape index (κ1) is 22.7. The molecule has 0 bridgehead atoms. The number of sulfone groups is 1. The second-order valence-corrected chi connectivity index (χ2v) is 10.1. The molecule has 1 N–H and O–H groups in total. The van der Waals surface area contributed by atoms with Crippen LogP contribution in [0.25, 0.3) is 0 Å². The van der Waals surface area contributed by atoms with Gasteiger partial charge in [-0.15, -0.1) is 17.8 Å². The molecule has 1 amide bonds. The van der Waals surface area contributed by atoms with Crippen molar-refractivity contribution in [1.82, 2.24) is 0 Å². The number of benzene rings is 2. The summed E-state index contributed by atoms with van der Waals surface area (Å²) in [5, 5.41) is 4.34. The number of methoxy groups -OCH3 is 2. The third kappa shape index (κ3) is 4.27. The van der Waals surface area contributed by atoms with Gasteiger partial charge in [0, 0.05) is 22.6 Å². The number of carbonyl (C=O) groups is 1. The van der Waals surface area contributed by atoms with Crippen molar-refractivity contribution in [3.05, 3.63) is 58.3 Å². The molecular weight excluding hydrogens is 462 g/mol. The lowest BCUT2D eigenvalue weighted by Crippen LogP contribution is -2.23. The molecule has 9 heteroatoms. The number of hydrogen-bond acceptors (Lipinski definition) is 7. The summed E-state index contributed by atoms with van der Waals surface area (Å²) in [5.41, 5.74) is 1.13. The summed E-state index contributed by atoms with van der Waals surface area (Å²) >= 11 is 1.30. The van der Waals surface area contributed by atoms with Crippen molar-refractivity contribution in [3.8, 4) is 29.6 Å². The van der Waals surface area contributed by atoms with Crippen molar-refractivity contribution in [1.29, 1.82) is 0 Å². The summed E-state index contributed by atoms with van der Waals surface area (Å²) in [4.78, 5) is 13.5. The van der Waals surface area contributed by atoms with Gasteiger partial charge in [-0.1, -0.05) is 12.0 Å². The van der Waals surface area contributed by atoms with Gasteiger partial charge in [0.25, 0.3) is 0 Å². The van der Waals surface area contributed by atoms with Crippen LogP contribution >= 0.6 is 11.3 Å². The fraction of sp³-hybridized carbons (Fsp3) is 0.208. The minimum atomic E-state index is -3.84. The number of amides is 1. The average molecular weight is 484 g/mol. The van der Waals surface area contributed by atoms with Crippen LogP contribution in [0, 0.1) is 12.3 Å². The zero-order valence-electron chi connectivity index (χ0n) is 18.0. The lowest BCUT2D eigenvalue weighted by Gasteiger charge is -2.24. The Labute approximate surface area is 196 Å². The average Bonchev–Trinajstić information content (AvgIpc) is 3.26. The van der Waals surface area contributed by atoms with Crippen LogP contribution in [0.2, 0.25) is 0 Å². The molecule has 1 atom stereocenters. The molecule has 7 nitrogen and oxygen atoms in total. The van der Waals surface area contributed by atoms with E-state index in [-0.39, 0.29) is 34.6 Å². The molecule has 33 heavy (non-hydrogen) atoms. The maximum absolute atomic E-state index is 13.3. The highest BCUT2D eigenvalue weighted by molar-refractivity contribution is 7.91. The highest BCUT2D eigenvalue weighted by Gasteiger charge is 2.34. The van der Waals surface area contributed by atoms with Gasteiger partial charge >= 0.3 is 0 Å². The number of carbonyl (C=O) groups excluding carboxylic acids is 1. The van der Waals surface area contributed by atoms with E-state index in [0.717, 1.165) is 10.4 Å². The molecule has 0 saturated heterocycles. The van der Waals surface area contributed by atoms with Crippen LogP contribution in [-0.2, 0) is 14.6 Å². The summed E-state index contributed by atoms with van der Waals surface area (Å²) in [5.74, 6) is 3.36. The first-order valence-electron chi connectivity index (χ1n) is 9.93. The Bertz CT molecular complexity index is 1340. The van der Waals surface area contributed by atoms with Crippen LogP contribution in [-0.4, -0.2) is 35.2 Å². The first-order valence-corrected chi connectivity index (χ1v) is 12.3. The molecular formula is C24H21NO6S2. The lowest BCUT2D eigenvalue weighted by molar-refractivity contribution is -0.116. The van der Waals surface area contributed by atoms with Crippen molar-refractivity contribution in [2.45, 2.75) is 22.1 Å². The van der Waals surface area contributed by atoms with E-state index in [2.05, 4.69) is 11.2 Å².